The maximum atomic E-state index is 5.63. The Morgan fingerprint density at radius 1 is 0.913 bits per heavy atom. The van der Waals surface area contributed by atoms with Gasteiger partial charge in [-0.1, -0.05) is 23.4 Å². The largest absolute Gasteiger partial charge is 0.497 e. The predicted molar refractivity (Wildman–Crippen MR) is 83.6 cm³/mol. The summed E-state index contributed by atoms with van der Waals surface area (Å²) in [5.74, 6) is 3.02. The summed E-state index contributed by atoms with van der Waals surface area (Å²) < 4.78 is 21.2. The van der Waals surface area contributed by atoms with Crippen LogP contribution in [0.4, 0.5) is 0 Å². The molecule has 0 aliphatic heterocycles. The van der Waals surface area contributed by atoms with Gasteiger partial charge in [0.2, 0.25) is 5.82 Å². The average molecular weight is 312 g/mol. The summed E-state index contributed by atoms with van der Waals surface area (Å²) in [6.45, 7) is 0.185. The number of hydrogen-bond donors (Lipinski definition) is 0. The van der Waals surface area contributed by atoms with E-state index in [2.05, 4.69) is 10.1 Å². The van der Waals surface area contributed by atoms with Crippen molar-refractivity contribution in [3.05, 3.63) is 54.4 Å². The Morgan fingerprint density at radius 3 is 2.39 bits per heavy atom. The first-order chi connectivity index (χ1) is 11.3. The first kappa shape index (κ1) is 14.9. The second-order valence-electron chi connectivity index (χ2n) is 4.71. The highest BCUT2D eigenvalue weighted by atomic mass is 16.5. The lowest BCUT2D eigenvalue weighted by Crippen LogP contribution is -1.96. The van der Waals surface area contributed by atoms with Crippen LogP contribution in [0.1, 0.15) is 5.89 Å². The molecule has 0 bridgehead atoms. The van der Waals surface area contributed by atoms with E-state index in [1.165, 1.54) is 0 Å². The van der Waals surface area contributed by atoms with E-state index in [0.717, 1.165) is 17.1 Å². The molecule has 0 aliphatic rings. The highest BCUT2D eigenvalue weighted by molar-refractivity contribution is 5.56. The number of methoxy groups -OCH3 is 2. The molecule has 3 aromatic rings. The zero-order valence-corrected chi connectivity index (χ0v) is 12.9. The first-order valence-corrected chi connectivity index (χ1v) is 7.02. The lowest BCUT2D eigenvalue weighted by atomic mass is 10.2. The van der Waals surface area contributed by atoms with E-state index in [4.69, 9.17) is 18.7 Å². The van der Waals surface area contributed by atoms with Crippen LogP contribution in [0.5, 0.6) is 17.2 Å². The monoisotopic (exact) mass is 312 g/mol. The fraction of sp³-hybridized carbons (Fsp3) is 0.176. The molecule has 23 heavy (non-hydrogen) atoms. The van der Waals surface area contributed by atoms with Crippen LogP contribution >= 0.6 is 0 Å². The summed E-state index contributed by atoms with van der Waals surface area (Å²) in [7, 11) is 3.22. The molecule has 6 nitrogen and oxygen atoms in total. The van der Waals surface area contributed by atoms with Crippen LogP contribution in [0.25, 0.3) is 11.4 Å². The molecule has 1 heterocycles. The van der Waals surface area contributed by atoms with Crippen molar-refractivity contribution in [1.29, 1.82) is 0 Å². The summed E-state index contributed by atoms with van der Waals surface area (Å²) in [5, 5.41) is 3.96. The molecule has 0 radical (unpaired) electrons. The standard InChI is InChI=1S/C17H16N2O4/c1-20-13-6-3-5-12(9-13)17-18-16(23-19-17)11-22-15-8-4-7-14(10-15)21-2/h3-10H,11H2,1-2H3. The van der Waals surface area contributed by atoms with Gasteiger partial charge in [0.05, 0.1) is 14.2 Å². The Hall–Kier alpha value is -3.02. The van der Waals surface area contributed by atoms with E-state index < -0.39 is 0 Å². The van der Waals surface area contributed by atoms with E-state index in [9.17, 15) is 0 Å². The van der Waals surface area contributed by atoms with Crippen LogP contribution in [0.15, 0.2) is 53.1 Å². The molecule has 0 aliphatic carbocycles. The molecule has 0 amide bonds. The van der Waals surface area contributed by atoms with Crippen molar-refractivity contribution in [3.63, 3.8) is 0 Å². The van der Waals surface area contributed by atoms with E-state index in [1.807, 2.05) is 42.5 Å². The van der Waals surface area contributed by atoms with Gasteiger partial charge in [-0.05, 0) is 24.3 Å². The maximum Gasteiger partial charge on any atom is 0.264 e. The zero-order valence-electron chi connectivity index (χ0n) is 12.9. The van der Waals surface area contributed by atoms with Gasteiger partial charge in [-0.2, -0.15) is 4.98 Å². The Kier molecular flexibility index (Phi) is 4.42. The van der Waals surface area contributed by atoms with Crippen LogP contribution in [-0.4, -0.2) is 24.4 Å². The van der Waals surface area contributed by atoms with Gasteiger partial charge < -0.3 is 18.7 Å². The molecule has 1 aromatic heterocycles. The van der Waals surface area contributed by atoms with Gasteiger partial charge in [0, 0.05) is 11.6 Å². The summed E-state index contributed by atoms with van der Waals surface area (Å²) in [6.07, 6.45) is 0. The Bertz CT molecular complexity index is 786. The number of nitrogens with zero attached hydrogens (tertiary/aromatic N) is 2. The quantitative estimate of drug-likeness (QED) is 0.695. The number of hydrogen-bond acceptors (Lipinski definition) is 6. The van der Waals surface area contributed by atoms with Gasteiger partial charge in [0.25, 0.3) is 5.89 Å². The smallest absolute Gasteiger partial charge is 0.264 e. The van der Waals surface area contributed by atoms with Crippen molar-refractivity contribution in [2.24, 2.45) is 0 Å². The third kappa shape index (κ3) is 3.60. The van der Waals surface area contributed by atoms with Crippen molar-refractivity contribution in [1.82, 2.24) is 10.1 Å². The number of aromatic nitrogens is 2. The minimum Gasteiger partial charge on any atom is -0.497 e. The Labute approximate surface area is 133 Å². The van der Waals surface area contributed by atoms with Crippen molar-refractivity contribution >= 4 is 0 Å². The molecule has 0 atom stereocenters. The lowest BCUT2D eigenvalue weighted by Gasteiger charge is -2.04. The van der Waals surface area contributed by atoms with Gasteiger partial charge in [-0.25, -0.2) is 0 Å². The SMILES string of the molecule is COc1cccc(OCc2nc(-c3cccc(OC)c3)no2)c1. The third-order valence-corrected chi connectivity index (χ3v) is 3.20. The topological polar surface area (TPSA) is 66.6 Å². The number of benzene rings is 2. The molecule has 0 spiro atoms. The van der Waals surface area contributed by atoms with Gasteiger partial charge in [-0.15, -0.1) is 0 Å². The average Bonchev–Trinajstić information content (AvgIpc) is 3.09. The van der Waals surface area contributed by atoms with E-state index in [0.29, 0.717) is 17.5 Å². The maximum absolute atomic E-state index is 5.63. The Morgan fingerprint density at radius 2 is 1.61 bits per heavy atom. The number of rotatable bonds is 6. The predicted octanol–water partition coefficient (Wildman–Crippen LogP) is 3.33. The molecule has 3 rings (SSSR count). The molecule has 6 heteroatoms. The molecule has 0 fully saturated rings. The van der Waals surface area contributed by atoms with Crippen molar-refractivity contribution in [3.8, 4) is 28.6 Å². The second-order valence-corrected chi connectivity index (χ2v) is 4.71. The van der Waals surface area contributed by atoms with Gasteiger partial charge >= 0.3 is 0 Å². The van der Waals surface area contributed by atoms with Crippen LogP contribution in [0.2, 0.25) is 0 Å². The summed E-state index contributed by atoms with van der Waals surface area (Å²) in [4.78, 5) is 4.32. The molecular weight excluding hydrogens is 296 g/mol. The second kappa shape index (κ2) is 6.83. The summed E-state index contributed by atoms with van der Waals surface area (Å²) >= 11 is 0. The van der Waals surface area contributed by atoms with Gasteiger partial charge in [0.15, 0.2) is 6.61 Å². The molecule has 0 N–H and O–H groups in total. The van der Waals surface area contributed by atoms with Crippen LogP contribution in [0, 0.1) is 0 Å². The van der Waals surface area contributed by atoms with Crippen molar-refractivity contribution in [2.45, 2.75) is 6.61 Å². The van der Waals surface area contributed by atoms with Gasteiger partial charge in [0.1, 0.15) is 17.2 Å². The van der Waals surface area contributed by atoms with Crippen LogP contribution < -0.4 is 14.2 Å². The molecule has 0 saturated heterocycles. The Balaban J connectivity index is 1.69. The normalized spacial score (nSPS) is 10.3. The minimum absolute atomic E-state index is 0.185. The fourth-order valence-electron chi connectivity index (χ4n) is 2.03. The van der Waals surface area contributed by atoms with Crippen LogP contribution in [0.3, 0.4) is 0 Å². The molecule has 118 valence electrons. The van der Waals surface area contributed by atoms with E-state index in [1.54, 1.807) is 20.3 Å². The van der Waals surface area contributed by atoms with Crippen molar-refractivity contribution < 1.29 is 18.7 Å². The van der Waals surface area contributed by atoms with E-state index >= 15 is 0 Å². The van der Waals surface area contributed by atoms with Gasteiger partial charge in [-0.3, -0.25) is 0 Å². The molecule has 2 aromatic carbocycles. The van der Waals surface area contributed by atoms with Crippen molar-refractivity contribution in [2.75, 3.05) is 14.2 Å². The number of ether oxygens (including phenoxy) is 3. The zero-order chi connectivity index (χ0) is 16.1. The summed E-state index contributed by atoms with van der Waals surface area (Å²) in [5.41, 5.74) is 0.820. The minimum atomic E-state index is 0.185. The highest BCUT2D eigenvalue weighted by Crippen LogP contribution is 2.22. The third-order valence-electron chi connectivity index (χ3n) is 3.20. The van der Waals surface area contributed by atoms with Crippen LogP contribution in [-0.2, 0) is 6.61 Å². The molecule has 0 unspecified atom stereocenters. The lowest BCUT2D eigenvalue weighted by molar-refractivity contribution is 0.242. The molecular formula is C17H16N2O4. The van der Waals surface area contributed by atoms with E-state index in [-0.39, 0.29) is 6.61 Å². The summed E-state index contributed by atoms with van der Waals surface area (Å²) in [6, 6.07) is 14.8. The first-order valence-electron chi connectivity index (χ1n) is 7.02. The fourth-order valence-corrected chi connectivity index (χ4v) is 2.03. The molecule has 0 saturated carbocycles. The highest BCUT2D eigenvalue weighted by Gasteiger charge is 2.10.